The maximum absolute atomic E-state index is 15.6. The van der Waals surface area contributed by atoms with Gasteiger partial charge in [-0.15, -0.1) is 0 Å². The van der Waals surface area contributed by atoms with Gasteiger partial charge in [0.05, 0.1) is 16.8 Å². The molecule has 1 aromatic carbocycles. The number of benzene rings is 1. The van der Waals surface area contributed by atoms with Crippen molar-refractivity contribution in [2.24, 2.45) is 0 Å². The number of halogens is 1. The topological polar surface area (TPSA) is 113 Å². The minimum absolute atomic E-state index is 0.0728. The molecule has 4 aromatic rings. The Morgan fingerprint density at radius 1 is 1.18 bits per heavy atom. The van der Waals surface area contributed by atoms with Crippen molar-refractivity contribution in [1.29, 1.82) is 0 Å². The molecule has 0 spiro atoms. The molecule has 208 valence electrons. The molecule has 1 fully saturated rings. The number of piperazine rings is 1. The van der Waals surface area contributed by atoms with Crippen LogP contribution in [0.4, 0.5) is 15.0 Å². The van der Waals surface area contributed by atoms with E-state index in [4.69, 9.17) is 4.74 Å². The van der Waals surface area contributed by atoms with Gasteiger partial charge >= 0.3 is 11.8 Å². The Labute approximate surface area is 230 Å². The third-order valence-corrected chi connectivity index (χ3v) is 7.15. The molecule has 1 amide bonds. The molecular formula is C29H31FN6O4. The van der Waals surface area contributed by atoms with Crippen LogP contribution in [-0.4, -0.2) is 56.2 Å². The molecule has 0 aliphatic carbocycles. The summed E-state index contributed by atoms with van der Waals surface area (Å²) < 4.78 is 22.2. The Morgan fingerprint density at radius 2 is 1.93 bits per heavy atom. The second-order valence-corrected chi connectivity index (χ2v) is 10.3. The van der Waals surface area contributed by atoms with Crippen molar-refractivity contribution in [3.05, 3.63) is 92.3 Å². The Bertz CT molecular complexity index is 1680. The predicted octanol–water partition coefficient (Wildman–Crippen LogP) is 3.89. The maximum Gasteiger partial charge on any atom is 0.410 e. The number of aromatic nitrogens is 4. The van der Waals surface area contributed by atoms with E-state index < -0.39 is 23.2 Å². The van der Waals surface area contributed by atoms with Gasteiger partial charge in [-0.3, -0.25) is 14.3 Å². The van der Waals surface area contributed by atoms with Crippen LogP contribution >= 0.6 is 0 Å². The zero-order chi connectivity index (χ0) is 28.6. The number of H-pyrrole nitrogens is 1. The average Bonchev–Trinajstić information content (AvgIpc) is 2.94. The number of anilines is 1. The monoisotopic (exact) mass is 546 g/mol. The summed E-state index contributed by atoms with van der Waals surface area (Å²) in [5.41, 5.74) is 0.773. The van der Waals surface area contributed by atoms with Gasteiger partial charge in [-0.25, -0.2) is 9.59 Å². The van der Waals surface area contributed by atoms with Crippen LogP contribution < -0.4 is 16.1 Å². The van der Waals surface area contributed by atoms with E-state index in [-0.39, 0.29) is 35.3 Å². The van der Waals surface area contributed by atoms with Crippen LogP contribution in [0.3, 0.4) is 0 Å². The highest BCUT2D eigenvalue weighted by atomic mass is 19.1. The zero-order valence-corrected chi connectivity index (χ0v) is 22.8. The van der Waals surface area contributed by atoms with Crippen LogP contribution in [0.25, 0.3) is 16.6 Å². The number of hydrogen-bond donors (Lipinski definition) is 1. The van der Waals surface area contributed by atoms with Crippen molar-refractivity contribution in [3.8, 4) is 5.69 Å². The Hall–Kier alpha value is -4.54. The molecule has 1 N–H and O–H groups in total. The molecule has 1 saturated heterocycles. The Balaban J connectivity index is 1.52. The van der Waals surface area contributed by atoms with Gasteiger partial charge in [0, 0.05) is 38.1 Å². The van der Waals surface area contributed by atoms with Crippen molar-refractivity contribution >= 4 is 22.8 Å². The number of nitrogens with zero attached hydrogens (tertiary/aromatic N) is 5. The molecule has 0 bridgehead atoms. The van der Waals surface area contributed by atoms with Crippen LogP contribution in [0.15, 0.2) is 58.4 Å². The third-order valence-electron chi connectivity index (χ3n) is 7.15. The predicted molar refractivity (Wildman–Crippen MR) is 150 cm³/mol. The smallest absolute Gasteiger partial charge is 0.410 e. The fourth-order valence-corrected chi connectivity index (χ4v) is 5.14. The van der Waals surface area contributed by atoms with Crippen LogP contribution in [0, 0.1) is 12.7 Å². The van der Waals surface area contributed by atoms with Crippen LogP contribution in [0.1, 0.15) is 43.5 Å². The summed E-state index contributed by atoms with van der Waals surface area (Å²) >= 11 is 0. The minimum atomic E-state index is -1.08. The lowest BCUT2D eigenvalue weighted by atomic mass is 10.0. The van der Waals surface area contributed by atoms with Crippen molar-refractivity contribution in [2.45, 2.75) is 46.3 Å². The molecule has 4 heterocycles. The number of amides is 1. The highest BCUT2D eigenvalue weighted by Gasteiger charge is 2.31. The number of ether oxygens (including phenoxy) is 1. The molecule has 1 aliphatic heterocycles. The fourth-order valence-electron chi connectivity index (χ4n) is 5.14. The van der Waals surface area contributed by atoms with E-state index in [2.05, 4.69) is 15.0 Å². The van der Waals surface area contributed by atoms with E-state index in [1.165, 1.54) is 6.20 Å². The van der Waals surface area contributed by atoms with Crippen LogP contribution in [-0.2, 0) is 11.3 Å². The van der Waals surface area contributed by atoms with Gasteiger partial charge in [0.25, 0.3) is 5.56 Å². The number of pyridine rings is 2. The summed E-state index contributed by atoms with van der Waals surface area (Å²) in [4.78, 5) is 53.5. The fraction of sp³-hybridized carbons (Fsp3) is 0.345. The van der Waals surface area contributed by atoms with E-state index in [0.29, 0.717) is 36.6 Å². The van der Waals surface area contributed by atoms with Crippen molar-refractivity contribution < 1.29 is 13.9 Å². The van der Waals surface area contributed by atoms with Gasteiger partial charge in [-0.1, -0.05) is 44.2 Å². The summed E-state index contributed by atoms with van der Waals surface area (Å²) in [6.45, 7) is 8.66. The Morgan fingerprint density at radius 3 is 2.62 bits per heavy atom. The SMILES string of the molecule is Cc1ccnc(C(C)C)c1-n1c(=O)nc(N2CCN(C(=O)OCc3ccccc3)C[C@@H]2C)c2c[nH]c(=O)c(F)c21. The highest BCUT2D eigenvalue weighted by molar-refractivity contribution is 5.91. The molecule has 40 heavy (non-hydrogen) atoms. The first-order chi connectivity index (χ1) is 19.2. The average molecular weight is 547 g/mol. The van der Waals surface area contributed by atoms with Gasteiger partial charge in [0.15, 0.2) is 0 Å². The number of carbonyl (C=O) groups excluding carboxylic acids is 1. The summed E-state index contributed by atoms with van der Waals surface area (Å²) in [7, 11) is 0. The zero-order valence-electron chi connectivity index (χ0n) is 22.8. The summed E-state index contributed by atoms with van der Waals surface area (Å²) in [5, 5.41) is 0.279. The summed E-state index contributed by atoms with van der Waals surface area (Å²) in [6.07, 6.45) is 2.58. The first kappa shape index (κ1) is 27.0. The maximum atomic E-state index is 15.6. The van der Waals surface area contributed by atoms with Gasteiger partial charge in [-0.2, -0.15) is 9.37 Å². The second-order valence-electron chi connectivity index (χ2n) is 10.3. The van der Waals surface area contributed by atoms with E-state index in [1.807, 2.05) is 56.0 Å². The molecule has 3 aromatic heterocycles. The number of hydrogen-bond acceptors (Lipinski definition) is 7. The molecule has 5 rings (SSSR count). The molecule has 1 aliphatic rings. The number of fused-ring (bicyclic) bond motifs is 1. The number of aromatic amines is 1. The van der Waals surface area contributed by atoms with Crippen molar-refractivity contribution in [2.75, 3.05) is 24.5 Å². The number of aryl methyl sites for hydroxylation is 1. The molecular weight excluding hydrogens is 515 g/mol. The lowest BCUT2D eigenvalue weighted by molar-refractivity contribution is 0.0898. The first-order valence-electron chi connectivity index (χ1n) is 13.2. The van der Waals surface area contributed by atoms with Gasteiger partial charge in [0.2, 0.25) is 5.82 Å². The van der Waals surface area contributed by atoms with E-state index in [9.17, 15) is 14.4 Å². The van der Waals surface area contributed by atoms with Gasteiger partial charge in [-0.05, 0) is 37.0 Å². The van der Waals surface area contributed by atoms with Crippen LogP contribution in [0.2, 0.25) is 0 Å². The molecule has 11 heteroatoms. The van der Waals surface area contributed by atoms with Gasteiger partial charge in [0.1, 0.15) is 17.9 Å². The second kappa shape index (κ2) is 10.9. The normalized spacial score (nSPS) is 15.6. The standard InChI is InChI=1S/C29H31FN6O4/c1-17(2)23-24(18(3)10-11-31-23)36-25-21(14-32-27(37)22(25)30)26(33-28(36)38)35-13-12-34(15-19(35)4)29(39)40-16-20-8-6-5-7-9-20/h5-11,14,17,19H,12-13,15-16H2,1-4H3,(H,32,37)/t19-/m0/s1. The number of rotatable bonds is 5. The number of nitrogens with one attached hydrogen (secondary N) is 1. The lowest BCUT2D eigenvalue weighted by Crippen LogP contribution is -2.54. The Kier molecular flexibility index (Phi) is 7.38. The van der Waals surface area contributed by atoms with Crippen molar-refractivity contribution in [3.63, 3.8) is 0 Å². The molecule has 0 saturated carbocycles. The molecule has 1 atom stereocenters. The molecule has 10 nitrogen and oxygen atoms in total. The summed E-state index contributed by atoms with van der Waals surface area (Å²) in [6, 6.07) is 10.9. The molecule has 0 unspecified atom stereocenters. The largest absolute Gasteiger partial charge is 0.445 e. The van der Waals surface area contributed by atoms with E-state index in [1.54, 1.807) is 24.1 Å². The summed E-state index contributed by atoms with van der Waals surface area (Å²) in [5.74, 6) is -0.910. The quantitative estimate of drug-likeness (QED) is 0.404. The van der Waals surface area contributed by atoms with Crippen LogP contribution in [0.5, 0.6) is 0 Å². The van der Waals surface area contributed by atoms with Crippen molar-refractivity contribution in [1.82, 2.24) is 24.4 Å². The third kappa shape index (κ3) is 4.94. The minimum Gasteiger partial charge on any atom is -0.445 e. The molecule has 0 radical (unpaired) electrons. The number of carbonyl (C=O) groups is 1. The lowest BCUT2D eigenvalue weighted by Gasteiger charge is -2.40. The van der Waals surface area contributed by atoms with E-state index >= 15 is 4.39 Å². The van der Waals surface area contributed by atoms with E-state index in [0.717, 1.165) is 10.1 Å². The first-order valence-corrected chi connectivity index (χ1v) is 13.2. The van der Waals surface area contributed by atoms with Gasteiger partial charge < -0.3 is 19.5 Å². The highest BCUT2D eigenvalue weighted by Crippen LogP contribution is 2.31.